The summed E-state index contributed by atoms with van der Waals surface area (Å²) in [6.07, 6.45) is 0. The first-order chi connectivity index (χ1) is 16.5. The highest BCUT2D eigenvalue weighted by Crippen LogP contribution is 2.35. The Hall–Kier alpha value is -3.60. The minimum Gasteiger partial charge on any atom is -0.398 e. The van der Waals surface area contributed by atoms with Crippen molar-refractivity contribution in [3.63, 3.8) is 0 Å². The van der Waals surface area contributed by atoms with Gasteiger partial charge >= 0.3 is 0 Å². The first kappa shape index (κ1) is 24.5. The first-order valence-corrected chi connectivity index (χ1v) is 12.5. The molecule has 0 aliphatic carbocycles. The number of hydrogen-bond donors (Lipinski definition) is 3. The van der Waals surface area contributed by atoms with Gasteiger partial charge in [0.2, 0.25) is 10.0 Å². The van der Waals surface area contributed by atoms with Crippen molar-refractivity contribution < 1.29 is 22.0 Å². The third kappa shape index (κ3) is 5.40. The summed E-state index contributed by atoms with van der Waals surface area (Å²) in [7, 11) is -3.89. The molecule has 0 atom stereocenters. The molecule has 0 saturated carbocycles. The van der Waals surface area contributed by atoms with Crippen LogP contribution in [0.3, 0.4) is 0 Å². The molecule has 6 nitrogen and oxygen atoms in total. The standard InChI is InChI=1S/C25H18BrF2N3O3S/c26-17-5-1-14(2-6-17)16-11-20(15-3-8-19(9-4-15)35(30,33)34)24(29)21(12-16)25(32)31-18-7-10-22(27)23(28)13-18/h1-13H,29H2,(H,31,32)(H2,30,33,34). The largest absolute Gasteiger partial charge is 0.398 e. The van der Waals surface area contributed by atoms with Crippen molar-refractivity contribution in [1.29, 1.82) is 0 Å². The number of anilines is 2. The van der Waals surface area contributed by atoms with Crippen LogP contribution in [0.1, 0.15) is 10.4 Å². The molecule has 0 unspecified atom stereocenters. The van der Waals surface area contributed by atoms with Gasteiger partial charge in [-0.05, 0) is 65.2 Å². The number of rotatable bonds is 5. The molecule has 0 aromatic heterocycles. The summed E-state index contributed by atoms with van der Waals surface area (Å²) in [6.45, 7) is 0. The molecule has 0 spiro atoms. The van der Waals surface area contributed by atoms with Crippen molar-refractivity contribution in [3.8, 4) is 22.3 Å². The van der Waals surface area contributed by atoms with E-state index >= 15 is 0 Å². The number of halogens is 3. The van der Waals surface area contributed by atoms with Crippen molar-refractivity contribution in [3.05, 3.63) is 101 Å². The van der Waals surface area contributed by atoms with Crippen molar-refractivity contribution in [2.75, 3.05) is 11.1 Å². The summed E-state index contributed by atoms with van der Waals surface area (Å²) in [5.41, 5.74) is 9.12. The van der Waals surface area contributed by atoms with E-state index in [1.54, 1.807) is 12.1 Å². The molecule has 0 heterocycles. The maximum Gasteiger partial charge on any atom is 0.257 e. The lowest BCUT2D eigenvalue weighted by Gasteiger charge is -2.15. The predicted molar refractivity (Wildman–Crippen MR) is 135 cm³/mol. The number of carbonyl (C=O) groups excluding carboxylic acids is 1. The molecule has 0 saturated heterocycles. The van der Waals surface area contributed by atoms with E-state index in [4.69, 9.17) is 10.9 Å². The van der Waals surface area contributed by atoms with E-state index in [1.807, 2.05) is 24.3 Å². The number of nitrogens with two attached hydrogens (primary N) is 2. The molecule has 0 aliphatic heterocycles. The Morgan fingerprint density at radius 3 is 2.03 bits per heavy atom. The number of nitrogen functional groups attached to an aromatic ring is 1. The second-order valence-electron chi connectivity index (χ2n) is 7.64. The zero-order chi connectivity index (χ0) is 25.3. The fourth-order valence-electron chi connectivity index (χ4n) is 3.49. The van der Waals surface area contributed by atoms with Crippen LogP contribution < -0.4 is 16.2 Å². The van der Waals surface area contributed by atoms with E-state index in [1.165, 1.54) is 30.3 Å². The van der Waals surface area contributed by atoms with Crippen molar-refractivity contribution in [1.82, 2.24) is 0 Å². The summed E-state index contributed by atoms with van der Waals surface area (Å²) in [5, 5.41) is 7.72. The molecule has 10 heteroatoms. The normalized spacial score (nSPS) is 11.3. The Morgan fingerprint density at radius 1 is 0.800 bits per heavy atom. The molecule has 0 radical (unpaired) electrons. The zero-order valence-corrected chi connectivity index (χ0v) is 20.3. The van der Waals surface area contributed by atoms with Gasteiger partial charge < -0.3 is 11.1 Å². The quantitative estimate of drug-likeness (QED) is 0.279. The molecule has 178 valence electrons. The van der Waals surface area contributed by atoms with Crippen molar-refractivity contribution in [2.45, 2.75) is 4.90 Å². The smallest absolute Gasteiger partial charge is 0.257 e. The lowest BCUT2D eigenvalue weighted by molar-refractivity contribution is 0.102. The van der Waals surface area contributed by atoms with Crippen LogP contribution in [0.4, 0.5) is 20.2 Å². The van der Waals surface area contributed by atoms with Gasteiger partial charge in [0.1, 0.15) is 0 Å². The summed E-state index contributed by atoms with van der Waals surface area (Å²) in [6, 6.07) is 19.5. The minimum absolute atomic E-state index is 0.0569. The number of hydrogen-bond acceptors (Lipinski definition) is 4. The molecular formula is C25H18BrF2N3O3S. The van der Waals surface area contributed by atoms with Crippen LogP contribution in [-0.4, -0.2) is 14.3 Å². The Balaban J connectivity index is 1.83. The summed E-state index contributed by atoms with van der Waals surface area (Å²) < 4.78 is 51.0. The van der Waals surface area contributed by atoms with Gasteiger partial charge in [-0.3, -0.25) is 4.79 Å². The van der Waals surface area contributed by atoms with Crippen molar-refractivity contribution in [2.24, 2.45) is 5.14 Å². The number of carbonyl (C=O) groups is 1. The highest BCUT2D eigenvalue weighted by molar-refractivity contribution is 9.10. The van der Waals surface area contributed by atoms with E-state index in [9.17, 15) is 22.0 Å². The Bertz CT molecular complexity index is 1540. The molecule has 0 bridgehead atoms. The Labute approximate surface area is 208 Å². The zero-order valence-electron chi connectivity index (χ0n) is 17.9. The second-order valence-corrected chi connectivity index (χ2v) is 10.1. The number of amides is 1. The van der Waals surface area contributed by atoms with E-state index < -0.39 is 27.6 Å². The molecule has 5 N–H and O–H groups in total. The van der Waals surface area contributed by atoms with Gasteiger partial charge in [0, 0.05) is 21.8 Å². The van der Waals surface area contributed by atoms with Crippen LogP contribution in [0.25, 0.3) is 22.3 Å². The molecule has 35 heavy (non-hydrogen) atoms. The topological polar surface area (TPSA) is 115 Å². The summed E-state index contributed by atoms with van der Waals surface area (Å²) >= 11 is 3.39. The van der Waals surface area contributed by atoms with Crippen LogP contribution in [0.5, 0.6) is 0 Å². The van der Waals surface area contributed by atoms with Gasteiger partial charge in [-0.1, -0.05) is 40.2 Å². The molecule has 0 fully saturated rings. The van der Waals surface area contributed by atoms with Gasteiger partial charge in [-0.25, -0.2) is 22.3 Å². The van der Waals surface area contributed by atoms with Gasteiger partial charge in [-0.2, -0.15) is 0 Å². The number of benzene rings is 4. The maximum atomic E-state index is 13.6. The molecular weight excluding hydrogens is 540 g/mol. The third-order valence-electron chi connectivity index (χ3n) is 5.27. The monoisotopic (exact) mass is 557 g/mol. The van der Waals surface area contributed by atoms with Crippen LogP contribution in [-0.2, 0) is 10.0 Å². The lowest BCUT2D eigenvalue weighted by Crippen LogP contribution is -2.15. The fourth-order valence-corrected chi connectivity index (χ4v) is 4.27. The maximum absolute atomic E-state index is 13.6. The SMILES string of the molecule is Nc1c(C(=O)Nc2ccc(F)c(F)c2)cc(-c2ccc(Br)cc2)cc1-c1ccc(S(N)(=O)=O)cc1. The Kier molecular flexibility index (Phi) is 6.70. The fraction of sp³-hybridized carbons (Fsp3) is 0. The van der Waals surface area contributed by atoms with Gasteiger partial charge in [0.15, 0.2) is 11.6 Å². The number of nitrogens with one attached hydrogen (secondary N) is 1. The summed E-state index contributed by atoms with van der Waals surface area (Å²) in [5.74, 6) is -2.77. The number of sulfonamides is 1. The highest BCUT2D eigenvalue weighted by atomic mass is 79.9. The van der Waals surface area contributed by atoms with Crippen molar-refractivity contribution >= 4 is 43.2 Å². The van der Waals surface area contributed by atoms with Crippen LogP contribution in [0.15, 0.2) is 88.2 Å². The van der Waals surface area contributed by atoms with Gasteiger partial charge in [0.25, 0.3) is 5.91 Å². The predicted octanol–water partition coefficient (Wildman–Crippen LogP) is 5.54. The number of primary sulfonamides is 1. The minimum atomic E-state index is -3.89. The average Bonchev–Trinajstić information content (AvgIpc) is 2.81. The first-order valence-electron chi connectivity index (χ1n) is 10.1. The second kappa shape index (κ2) is 9.57. The molecule has 4 aromatic rings. The van der Waals surface area contributed by atoms with Crippen LogP contribution in [0.2, 0.25) is 0 Å². The lowest BCUT2D eigenvalue weighted by atomic mass is 9.93. The van der Waals surface area contributed by atoms with E-state index in [2.05, 4.69) is 21.2 Å². The third-order valence-corrected chi connectivity index (χ3v) is 6.73. The average molecular weight is 558 g/mol. The van der Waals surface area contributed by atoms with E-state index in [0.29, 0.717) is 16.7 Å². The van der Waals surface area contributed by atoms with Crippen LogP contribution in [0, 0.1) is 11.6 Å². The Morgan fingerprint density at radius 2 is 1.43 bits per heavy atom. The van der Waals surface area contributed by atoms with E-state index in [-0.39, 0.29) is 21.8 Å². The van der Waals surface area contributed by atoms with Crippen LogP contribution >= 0.6 is 15.9 Å². The van der Waals surface area contributed by atoms with E-state index in [0.717, 1.165) is 22.2 Å². The molecule has 0 aliphatic rings. The van der Waals surface area contributed by atoms with Gasteiger partial charge in [-0.15, -0.1) is 0 Å². The molecule has 1 amide bonds. The molecule has 4 aromatic carbocycles. The van der Waals surface area contributed by atoms with Gasteiger partial charge in [0.05, 0.1) is 16.1 Å². The highest BCUT2D eigenvalue weighted by Gasteiger charge is 2.18. The summed E-state index contributed by atoms with van der Waals surface area (Å²) in [4.78, 5) is 13.1. The molecule has 4 rings (SSSR count).